The minimum atomic E-state index is -0.516. The second-order valence-electron chi connectivity index (χ2n) is 12.4. The van der Waals surface area contributed by atoms with E-state index in [4.69, 9.17) is 9.97 Å². The van der Waals surface area contributed by atoms with Gasteiger partial charge in [0.05, 0.1) is 16.8 Å². The Labute approximate surface area is 286 Å². The molecule has 0 saturated heterocycles. The van der Waals surface area contributed by atoms with Gasteiger partial charge in [-0.2, -0.15) is 0 Å². The van der Waals surface area contributed by atoms with Crippen molar-refractivity contribution in [3.63, 3.8) is 0 Å². The summed E-state index contributed by atoms with van der Waals surface area (Å²) in [5.41, 5.74) is 14.1. The molecule has 1 aliphatic rings. The van der Waals surface area contributed by atoms with Gasteiger partial charge in [0.15, 0.2) is 5.82 Å². The highest BCUT2D eigenvalue weighted by Gasteiger charge is 2.46. The van der Waals surface area contributed by atoms with Crippen molar-refractivity contribution in [1.29, 1.82) is 0 Å². The van der Waals surface area contributed by atoms with E-state index in [1.165, 1.54) is 44.5 Å². The number of hydrogen-bond acceptors (Lipinski definition) is 3. The molecule has 0 spiro atoms. The van der Waals surface area contributed by atoms with Gasteiger partial charge in [-0.1, -0.05) is 152 Å². The fraction of sp³-hybridized carbons (Fsp3) is 0.0217. The Morgan fingerprint density at radius 3 is 1.57 bits per heavy atom. The van der Waals surface area contributed by atoms with E-state index < -0.39 is 5.41 Å². The predicted octanol–water partition coefficient (Wildman–Crippen LogP) is 10.9. The van der Waals surface area contributed by atoms with Crippen LogP contribution in [0.15, 0.2) is 188 Å². The molecule has 230 valence electrons. The van der Waals surface area contributed by atoms with E-state index in [0.29, 0.717) is 5.82 Å². The molecule has 8 aromatic rings. The van der Waals surface area contributed by atoms with Crippen LogP contribution in [0.5, 0.6) is 0 Å². The highest BCUT2D eigenvalue weighted by molar-refractivity contribution is 5.88. The SMILES string of the molecule is c1ccc(-c2ccc(-c3cc(-c4ccc5c(c4)C(c4ccccc4)(c4ccncc4)c4ccccc4-5)nc(-c4ccccc4)n3)cc2)cc1. The molecular formula is C46H31N3. The summed E-state index contributed by atoms with van der Waals surface area (Å²) in [6.07, 6.45) is 3.80. The van der Waals surface area contributed by atoms with Crippen molar-refractivity contribution in [3.05, 3.63) is 211 Å². The third kappa shape index (κ3) is 4.87. The monoisotopic (exact) mass is 625 g/mol. The molecule has 1 unspecified atom stereocenters. The highest BCUT2D eigenvalue weighted by Crippen LogP contribution is 2.56. The van der Waals surface area contributed by atoms with Gasteiger partial charge in [-0.15, -0.1) is 0 Å². The molecule has 3 nitrogen and oxygen atoms in total. The predicted molar refractivity (Wildman–Crippen MR) is 199 cm³/mol. The van der Waals surface area contributed by atoms with Gasteiger partial charge < -0.3 is 0 Å². The van der Waals surface area contributed by atoms with E-state index in [1.54, 1.807) is 0 Å². The molecule has 1 atom stereocenters. The number of benzene rings is 6. The van der Waals surface area contributed by atoms with Crippen molar-refractivity contribution in [1.82, 2.24) is 15.0 Å². The summed E-state index contributed by atoms with van der Waals surface area (Å²) < 4.78 is 0. The summed E-state index contributed by atoms with van der Waals surface area (Å²) in [5.74, 6) is 0.701. The first kappa shape index (κ1) is 28.7. The van der Waals surface area contributed by atoms with Crippen molar-refractivity contribution in [2.45, 2.75) is 5.41 Å². The van der Waals surface area contributed by atoms with Gasteiger partial charge in [0.2, 0.25) is 0 Å². The van der Waals surface area contributed by atoms with Gasteiger partial charge in [-0.05, 0) is 68.8 Å². The van der Waals surface area contributed by atoms with Crippen LogP contribution in [0.4, 0.5) is 0 Å². The molecule has 49 heavy (non-hydrogen) atoms. The van der Waals surface area contributed by atoms with Crippen LogP contribution >= 0.6 is 0 Å². The zero-order valence-electron chi connectivity index (χ0n) is 26.7. The molecule has 2 heterocycles. The van der Waals surface area contributed by atoms with Crippen molar-refractivity contribution >= 4 is 0 Å². The lowest BCUT2D eigenvalue weighted by Gasteiger charge is -2.33. The van der Waals surface area contributed by atoms with E-state index in [-0.39, 0.29) is 0 Å². The quantitative estimate of drug-likeness (QED) is 0.185. The van der Waals surface area contributed by atoms with Gasteiger partial charge in [0, 0.05) is 29.1 Å². The number of hydrogen-bond donors (Lipinski definition) is 0. The lowest BCUT2D eigenvalue weighted by molar-refractivity contribution is 0.766. The Morgan fingerprint density at radius 2 is 0.857 bits per heavy atom. The van der Waals surface area contributed by atoms with Crippen molar-refractivity contribution in [3.8, 4) is 56.2 Å². The number of rotatable bonds is 6. The maximum atomic E-state index is 5.21. The summed E-state index contributed by atoms with van der Waals surface area (Å²) in [6.45, 7) is 0. The second-order valence-corrected chi connectivity index (χ2v) is 12.4. The molecule has 0 saturated carbocycles. The van der Waals surface area contributed by atoms with E-state index in [0.717, 1.165) is 28.1 Å². The molecule has 1 aliphatic carbocycles. The minimum Gasteiger partial charge on any atom is -0.265 e. The van der Waals surface area contributed by atoms with Crippen molar-refractivity contribution in [2.24, 2.45) is 0 Å². The first-order valence-corrected chi connectivity index (χ1v) is 16.6. The molecular weight excluding hydrogens is 595 g/mol. The largest absolute Gasteiger partial charge is 0.265 e. The summed E-state index contributed by atoms with van der Waals surface area (Å²) in [5, 5.41) is 0. The van der Waals surface area contributed by atoms with Crippen LogP contribution in [0.3, 0.4) is 0 Å². The zero-order valence-corrected chi connectivity index (χ0v) is 26.7. The molecule has 3 heteroatoms. The Kier molecular flexibility index (Phi) is 7.02. The van der Waals surface area contributed by atoms with Crippen LogP contribution in [-0.2, 0) is 5.41 Å². The Balaban J connectivity index is 1.25. The molecule has 0 bridgehead atoms. The standard InChI is InChI=1S/C46H31N3/c1-4-12-32(13-5-1)33-20-22-34(23-21-33)43-31-44(49-45(48-43)35-14-6-2-7-15-35)36-24-25-40-39-18-10-11-19-41(39)46(42(40)30-36,37-16-8-3-9-17-37)38-26-28-47-29-27-38/h1-31H. The van der Waals surface area contributed by atoms with Crippen LogP contribution in [0.2, 0.25) is 0 Å². The smallest absolute Gasteiger partial charge is 0.160 e. The topological polar surface area (TPSA) is 38.7 Å². The molecule has 2 aromatic heterocycles. The van der Waals surface area contributed by atoms with Crippen LogP contribution < -0.4 is 0 Å². The lowest BCUT2D eigenvalue weighted by atomic mass is 9.67. The number of pyridine rings is 1. The third-order valence-corrected chi connectivity index (χ3v) is 9.71. The van der Waals surface area contributed by atoms with E-state index in [2.05, 4.69) is 157 Å². The Morgan fingerprint density at radius 1 is 0.347 bits per heavy atom. The summed E-state index contributed by atoms with van der Waals surface area (Å²) in [4.78, 5) is 14.7. The van der Waals surface area contributed by atoms with Crippen LogP contribution in [-0.4, -0.2) is 15.0 Å². The van der Waals surface area contributed by atoms with Gasteiger partial charge >= 0.3 is 0 Å². The number of nitrogens with zero attached hydrogens (tertiary/aromatic N) is 3. The molecule has 0 radical (unpaired) electrons. The molecule has 0 amide bonds. The number of aromatic nitrogens is 3. The normalized spacial score (nSPS) is 14.6. The average Bonchev–Trinajstić information content (AvgIpc) is 3.49. The highest BCUT2D eigenvalue weighted by atomic mass is 14.9. The average molecular weight is 626 g/mol. The first-order valence-electron chi connectivity index (χ1n) is 16.6. The van der Waals surface area contributed by atoms with Crippen molar-refractivity contribution in [2.75, 3.05) is 0 Å². The summed E-state index contributed by atoms with van der Waals surface area (Å²) in [6, 6.07) is 62.3. The second kappa shape index (κ2) is 12.0. The Hall–Kier alpha value is -6.45. The van der Waals surface area contributed by atoms with Gasteiger partial charge in [0.1, 0.15) is 0 Å². The summed E-state index contributed by atoms with van der Waals surface area (Å²) in [7, 11) is 0. The van der Waals surface area contributed by atoms with E-state index >= 15 is 0 Å². The van der Waals surface area contributed by atoms with Gasteiger partial charge in [-0.3, -0.25) is 4.98 Å². The summed E-state index contributed by atoms with van der Waals surface area (Å²) >= 11 is 0. The molecule has 0 fully saturated rings. The van der Waals surface area contributed by atoms with Crippen molar-refractivity contribution < 1.29 is 0 Å². The maximum absolute atomic E-state index is 5.21. The fourth-order valence-corrected chi connectivity index (χ4v) is 7.44. The van der Waals surface area contributed by atoms with Crippen LogP contribution in [0, 0.1) is 0 Å². The minimum absolute atomic E-state index is 0.516. The van der Waals surface area contributed by atoms with Crippen LogP contribution in [0.25, 0.3) is 56.2 Å². The molecule has 0 aliphatic heterocycles. The van der Waals surface area contributed by atoms with Gasteiger partial charge in [0.25, 0.3) is 0 Å². The third-order valence-electron chi connectivity index (χ3n) is 9.71. The van der Waals surface area contributed by atoms with E-state index in [1.807, 2.05) is 36.7 Å². The maximum Gasteiger partial charge on any atom is 0.160 e. The molecule has 0 N–H and O–H groups in total. The van der Waals surface area contributed by atoms with Gasteiger partial charge in [-0.25, -0.2) is 9.97 Å². The Bertz CT molecular complexity index is 2370. The lowest BCUT2D eigenvalue weighted by Crippen LogP contribution is -2.28. The van der Waals surface area contributed by atoms with E-state index in [9.17, 15) is 0 Å². The number of fused-ring (bicyclic) bond motifs is 3. The zero-order chi connectivity index (χ0) is 32.6. The first-order chi connectivity index (χ1) is 24.3. The molecule has 6 aromatic carbocycles. The molecule has 9 rings (SSSR count). The van der Waals surface area contributed by atoms with Crippen LogP contribution in [0.1, 0.15) is 22.3 Å². The fourth-order valence-electron chi connectivity index (χ4n) is 7.44.